The van der Waals surface area contributed by atoms with Crippen molar-refractivity contribution in [1.82, 2.24) is 5.32 Å². The summed E-state index contributed by atoms with van der Waals surface area (Å²) < 4.78 is 1.16. The highest BCUT2D eigenvalue weighted by molar-refractivity contribution is 9.10. The second-order valence-electron chi connectivity index (χ2n) is 5.05. The van der Waals surface area contributed by atoms with Gasteiger partial charge in [-0.05, 0) is 54.8 Å². The number of benzene rings is 2. The molecule has 0 radical (unpaired) electrons. The van der Waals surface area contributed by atoms with Gasteiger partial charge in [-0.2, -0.15) is 0 Å². The van der Waals surface area contributed by atoms with Crippen molar-refractivity contribution in [3.63, 3.8) is 0 Å². The lowest BCUT2D eigenvalue weighted by Crippen LogP contribution is -2.17. The van der Waals surface area contributed by atoms with Gasteiger partial charge in [-0.1, -0.05) is 28.1 Å². The number of aryl methyl sites for hydroxylation is 2. The minimum absolute atomic E-state index is 0.0614. The molecule has 0 aliphatic rings. The van der Waals surface area contributed by atoms with Gasteiger partial charge in [0.1, 0.15) is 0 Å². The van der Waals surface area contributed by atoms with Crippen LogP contribution in [-0.2, 0) is 6.54 Å². The fourth-order valence-electron chi connectivity index (χ4n) is 2.17. The van der Waals surface area contributed by atoms with Crippen LogP contribution in [0, 0.1) is 13.8 Å². The monoisotopic (exact) mass is 346 g/mol. The van der Waals surface area contributed by atoms with E-state index in [1.807, 2.05) is 24.3 Å². The van der Waals surface area contributed by atoms with Crippen molar-refractivity contribution < 1.29 is 4.79 Å². The molecule has 2 N–H and O–H groups in total. The Balaban J connectivity index is 2.05. The molecule has 0 aliphatic heterocycles. The Hall–Kier alpha value is -1.81. The Morgan fingerprint density at radius 2 is 1.67 bits per heavy atom. The third kappa shape index (κ3) is 3.85. The Morgan fingerprint density at radius 3 is 2.19 bits per heavy atom. The van der Waals surface area contributed by atoms with Gasteiger partial charge in [-0.3, -0.25) is 4.79 Å². The first kappa shape index (κ1) is 15.6. The molecule has 110 valence electrons. The average molecular weight is 347 g/mol. The summed E-state index contributed by atoms with van der Waals surface area (Å²) in [4.78, 5) is 11.5. The van der Waals surface area contributed by atoms with Gasteiger partial charge >= 0.3 is 0 Å². The molecule has 2 aromatic carbocycles. The zero-order valence-electron chi connectivity index (χ0n) is 12.5. The number of hydrogen-bond acceptors (Lipinski definition) is 2. The largest absolute Gasteiger partial charge is 0.381 e. The molecule has 2 aromatic rings. The summed E-state index contributed by atoms with van der Waals surface area (Å²) in [6, 6.07) is 11.9. The number of nitrogens with one attached hydrogen (secondary N) is 2. The molecule has 0 fully saturated rings. The number of carbonyl (C=O) groups excluding carboxylic acids is 1. The second kappa shape index (κ2) is 6.76. The molecule has 21 heavy (non-hydrogen) atoms. The Labute approximate surface area is 133 Å². The third-order valence-corrected chi connectivity index (χ3v) is 4.63. The Kier molecular flexibility index (Phi) is 5.02. The van der Waals surface area contributed by atoms with Crippen molar-refractivity contribution in [2.24, 2.45) is 0 Å². The first-order valence-electron chi connectivity index (χ1n) is 6.83. The molecule has 0 bridgehead atoms. The van der Waals surface area contributed by atoms with Gasteiger partial charge in [-0.15, -0.1) is 0 Å². The average Bonchev–Trinajstić information content (AvgIpc) is 2.50. The van der Waals surface area contributed by atoms with Crippen LogP contribution in [0.25, 0.3) is 0 Å². The lowest BCUT2D eigenvalue weighted by Gasteiger charge is -2.11. The van der Waals surface area contributed by atoms with Gasteiger partial charge in [0.2, 0.25) is 0 Å². The molecule has 4 heteroatoms. The molecular weight excluding hydrogens is 328 g/mol. The molecule has 3 nitrogen and oxygen atoms in total. The molecule has 2 rings (SSSR count). The molecule has 1 amide bonds. The molecule has 0 aliphatic carbocycles. The first-order valence-corrected chi connectivity index (χ1v) is 7.62. The fraction of sp³-hybridized carbons (Fsp3) is 0.235. The lowest BCUT2D eigenvalue weighted by molar-refractivity contribution is 0.0963. The number of anilines is 1. The molecule has 0 aromatic heterocycles. The van der Waals surface area contributed by atoms with Crippen LogP contribution in [0.3, 0.4) is 0 Å². The zero-order chi connectivity index (χ0) is 15.4. The van der Waals surface area contributed by atoms with Gasteiger partial charge in [-0.25, -0.2) is 0 Å². The van der Waals surface area contributed by atoms with Crippen LogP contribution in [-0.4, -0.2) is 13.0 Å². The predicted octanol–water partition coefficient (Wildman–Crippen LogP) is 4.04. The van der Waals surface area contributed by atoms with Gasteiger partial charge in [0, 0.05) is 29.3 Å². The molecule has 0 atom stereocenters. The highest BCUT2D eigenvalue weighted by Gasteiger charge is 2.04. The van der Waals surface area contributed by atoms with Gasteiger partial charge in [0.15, 0.2) is 0 Å². The van der Waals surface area contributed by atoms with Crippen LogP contribution in [0.15, 0.2) is 40.9 Å². The van der Waals surface area contributed by atoms with E-state index in [0.717, 1.165) is 22.3 Å². The van der Waals surface area contributed by atoms with Crippen molar-refractivity contribution in [1.29, 1.82) is 0 Å². The van der Waals surface area contributed by atoms with Gasteiger partial charge < -0.3 is 10.6 Å². The summed E-state index contributed by atoms with van der Waals surface area (Å²) in [5.74, 6) is -0.0614. The standard InChI is InChI=1S/C17H19BrN2O/c1-11-8-15(9-12(2)16(11)18)20-10-13-4-6-14(7-5-13)17(21)19-3/h4-9,20H,10H2,1-3H3,(H,19,21). The van der Waals surface area contributed by atoms with Crippen LogP contribution < -0.4 is 10.6 Å². The molecule has 0 heterocycles. The minimum Gasteiger partial charge on any atom is -0.381 e. The second-order valence-corrected chi connectivity index (χ2v) is 5.85. The summed E-state index contributed by atoms with van der Waals surface area (Å²) in [6.07, 6.45) is 0. The Morgan fingerprint density at radius 1 is 1.10 bits per heavy atom. The van der Waals surface area contributed by atoms with Crippen LogP contribution in [0.5, 0.6) is 0 Å². The molecule has 0 saturated carbocycles. The van der Waals surface area contributed by atoms with E-state index in [9.17, 15) is 4.79 Å². The quantitative estimate of drug-likeness (QED) is 0.877. The van der Waals surface area contributed by atoms with Crippen LogP contribution in [0.1, 0.15) is 27.0 Å². The third-order valence-electron chi connectivity index (χ3n) is 3.38. The molecule has 0 spiro atoms. The SMILES string of the molecule is CNC(=O)c1ccc(CNc2cc(C)c(Br)c(C)c2)cc1. The number of amides is 1. The van der Waals surface area contributed by atoms with Crippen molar-refractivity contribution >= 4 is 27.5 Å². The van der Waals surface area contributed by atoms with Crippen LogP contribution >= 0.6 is 15.9 Å². The van der Waals surface area contributed by atoms with E-state index >= 15 is 0 Å². The van der Waals surface area contributed by atoms with Crippen molar-refractivity contribution in [3.8, 4) is 0 Å². The van der Waals surface area contributed by atoms with Gasteiger partial charge in [0.05, 0.1) is 0 Å². The number of carbonyl (C=O) groups is 1. The maximum absolute atomic E-state index is 11.5. The van der Waals surface area contributed by atoms with Crippen molar-refractivity contribution in [3.05, 3.63) is 63.1 Å². The number of rotatable bonds is 4. The van der Waals surface area contributed by atoms with Crippen LogP contribution in [0.4, 0.5) is 5.69 Å². The van der Waals surface area contributed by atoms with E-state index in [-0.39, 0.29) is 5.91 Å². The topological polar surface area (TPSA) is 41.1 Å². The Bertz CT molecular complexity index is 627. The van der Waals surface area contributed by atoms with Crippen molar-refractivity contribution in [2.45, 2.75) is 20.4 Å². The van der Waals surface area contributed by atoms with E-state index in [0.29, 0.717) is 5.56 Å². The highest BCUT2D eigenvalue weighted by atomic mass is 79.9. The van der Waals surface area contributed by atoms with E-state index in [1.165, 1.54) is 11.1 Å². The first-order chi connectivity index (χ1) is 10.0. The maximum atomic E-state index is 11.5. The normalized spacial score (nSPS) is 10.3. The van der Waals surface area contributed by atoms with E-state index in [1.54, 1.807) is 7.05 Å². The molecule has 0 saturated heterocycles. The summed E-state index contributed by atoms with van der Waals surface area (Å²) in [6.45, 7) is 4.90. The zero-order valence-corrected chi connectivity index (χ0v) is 14.0. The fourth-order valence-corrected chi connectivity index (χ4v) is 2.40. The molecular formula is C17H19BrN2O. The van der Waals surface area contributed by atoms with E-state index in [2.05, 4.69) is 52.5 Å². The summed E-state index contributed by atoms with van der Waals surface area (Å²) in [5, 5.41) is 6.03. The number of halogens is 1. The smallest absolute Gasteiger partial charge is 0.251 e. The summed E-state index contributed by atoms with van der Waals surface area (Å²) in [7, 11) is 1.63. The number of hydrogen-bond donors (Lipinski definition) is 2. The summed E-state index contributed by atoms with van der Waals surface area (Å²) in [5.41, 5.74) is 5.35. The van der Waals surface area contributed by atoms with E-state index < -0.39 is 0 Å². The molecule has 0 unspecified atom stereocenters. The van der Waals surface area contributed by atoms with Gasteiger partial charge in [0.25, 0.3) is 5.91 Å². The minimum atomic E-state index is -0.0614. The lowest BCUT2D eigenvalue weighted by atomic mass is 10.1. The summed E-state index contributed by atoms with van der Waals surface area (Å²) >= 11 is 3.57. The van der Waals surface area contributed by atoms with Crippen molar-refractivity contribution in [2.75, 3.05) is 12.4 Å². The van der Waals surface area contributed by atoms with Crippen LogP contribution in [0.2, 0.25) is 0 Å². The predicted molar refractivity (Wildman–Crippen MR) is 90.8 cm³/mol. The highest BCUT2D eigenvalue weighted by Crippen LogP contribution is 2.25. The maximum Gasteiger partial charge on any atom is 0.251 e. The van der Waals surface area contributed by atoms with E-state index in [4.69, 9.17) is 0 Å².